The van der Waals surface area contributed by atoms with E-state index in [1.54, 1.807) is 19.4 Å². The maximum Gasteiger partial charge on any atom is 0.223 e. The molecule has 0 aliphatic carbocycles. The van der Waals surface area contributed by atoms with Crippen molar-refractivity contribution < 1.29 is 13.9 Å². The number of methoxy groups -OCH3 is 1. The first-order valence-corrected chi connectivity index (χ1v) is 11.6. The van der Waals surface area contributed by atoms with Gasteiger partial charge in [0.2, 0.25) is 5.91 Å². The number of rotatable bonds is 11. The minimum absolute atomic E-state index is 0.0454. The van der Waals surface area contributed by atoms with Crippen molar-refractivity contribution >= 4 is 29.1 Å². The van der Waals surface area contributed by atoms with Crippen molar-refractivity contribution in [1.82, 2.24) is 14.8 Å². The molecule has 1 aromatic heterocycles. The molecule has 0 spiro atoms. The summed E-state index contributed by atoms with van der Waals surface area (Å²) in [5.41, 5.74) is 1.85. The fourth-order valence-corrected chi connectivity index (χ4v) is 3.74. The molecule has 2 aromatic carbocycles. The number of aryl methyl sites for hydroxylation is 1. The molecule has 176 valence electrons. The number of nitrogens with zero attached hydrogens (tertiary/aromatic N) is 3. The standard InChI is InChI=1S/C25H29Cl2N3O3/c1-29(2)13-4-14-30(17-18-5-10-21(26)22(27)15-18)25(31)12-11-24-28-16-23(33-24)19-6-8-20(32-3)9-7-19/h5-10,15-16H,4,11-14,17H2,1-3H3. The van der Waals surface area contributed by atoms with Crippen molar-refractivity contribution in [3.05, 3.63) is 70.2 Å². The van der Waals surface area contributed by atoms with Crippen molar-refractivity contribution in [1.29, 1.82) is 0 Å². The van der Waals surface area contributed by atoms with E-state index in [0.29, 0.717) is 47.6 Å². The Labute approximate surface area is 205 Å². The van der Waals surface area contributed by atoms with Crippen LogP contribution in [0.5, 0.6) is 5.75 Å². The summed E-state index contributed by atoms with van der Waals surface area (Å²) in [5.74, 6) is 2.03. The van der Waals surface area contributed by atoms with Crippen molar-refractivity contribution in [2.24, 2.45) is 0 Å². The maximum absolute atomic E-state index is 13.1. The molecule has 0 aliphatic heterocycles. The summed E-state index contributed by atoms with van der Waals surface area (Å²) in [4.78, 5) is 21.4. The number of amides is 1. The van der Waals surface area contributed by atoms with Crippen LogP contribution in [0.1, 0.15) is 24.3 Å². The van der Waals surface area contributed by atoms with Crippen LogP contribution in [0, 0.1) is 0 Å². The molecule has 0 radical (unpaired) electrons. The third kappa shape index (κ3) is 7.49. The lowest BCUT2D eigenvalue weighted by molar-refractivity contribution is -0.132. The summed E-state index contributed by atoms with van der Waals surface area (Å²) >= 11 is 12.2. The predicted molar refractivity (Wildman–Crippen MR) is 132 cm³/mol. The Kier molecular flexibility index (Phi) is 9.18. The molecule has 0 fully saturated rings. The predicted octanol–water partition coefficient (Wildman–Crippen LogP) is 5.57. The number of aromatic nitrogens is 1. The van der Waals surface area contributed by atoms with E-state index in [0.717, 1.165) is 29.8 Å². The van der Waals surface area contributed by atoms with Gasteiger partial charge in [0.05, 0.1) is 23.4 Å². The van der Waals surface area contributed by atoms with Crippen molar-refractivity contribution in [3.63, 3.8) is 0 Å². The highest BCUT2D eigenvalue weighted by Crippen LogP contribution is 2.25. The second kappa shape index (κ2) is 12.1. The highest BCUT2D eigenvalue weighted by Gasteiger charge is 2.16. The molecule has 0 unspecified atom stereocenters. The van der Waals surface area contributed by atoms with Crippen molar-refractivity contribution in [2.75, 3.05) is 34.3 Å². The minimum Gasteiger partial charge on any atom is -0.497 e. The van der Waals surface area contributed by atoms with E-state index in [1.807, 2.05) is 55.4 Å². The van der Waals surface area contributed by atoms with Crippen molar-refractivity contribution in [3.8, 4) is 17.1 Å². The van der Waals surface area contributed by atoms with Crippen LogP contribution in [0.2, 0.25) is 10.0 Å². The van der Waals surface area contributed by atoms with E-state index in [-0.39, 0.29) is 5.91 Å². The molecule has 33 heavy (non-hydrogen) atoms. The van der Waals surface area contributed by atoms with Gasteiger partial charge in [-0.3, -0.25) is 4.79 Å². The van der Waals surface area contributed by atoms with Gasteiger partial charge in [-0.2, -0.15) is 0 Å². The van der Waals surface area contributed by atoms with Crippen LogP contribution in [0.15, 0.2) is 53.1 Å². The molecule has 3 aromatic rings. The molecule has 0 N–H and O–H groups in total. The lowest BCUT2D eigenvalue weighted by Crippen LogP contribution is -2.33. The molecule has 0 saturated carbocycles. The third-order valence-electron chi connectivity index (χ3n) is 5.22. The zero-order valence-electron chi connectivity index (χ0n) is 19.2. The van der Waals surface area contributed by atoms with Gasteiger partial charge in [0.1, 0.15) is 5.75 Å². The summed E-state index contributed by atoms with van der Waals surface area (Å²) in [6.45, 7) is 2.03. The molecular formula is C25H29Cl2N3O3. The molecule has 3 rings (SSSR count). The average Bonchev–Trinajstić information content (AvgIpc) is 3.28. The number of hydrogen-bond donors (Lipinski definition) is 0. The molecule has 0 saturated heterocycles. The monoisotopic (exact) mass is 489 g/mol. The number of hydrogen-bond acceptors (Lipinski definition) is 5. The zero-order chi connectivity index (χ0) is 23.8. The average molecular weight is 490 g/mol. The number of benzene rings is 2. The van der Waals surface area contributed by atoms with Gasteiger partial charge in [-0.1, -0.05) is 29.3 Å². The minimum atomic E-state index is 0.0454. The number of carbonyl (C=O) groups is 1. The largest absolute Gasteiger partial charge is 0.497 e. The Morgan fingerprint density at radius 3 is 2.48 bits per heavy atom. The summed E-state index contributed by atoms with van der Waals surface area (Å²) in [5, 5.41) is 0.989. The van der Waals surface area contributed by atoms with Crippen LogP contribution in [0.25, 0.3) is 11.3 Å². The Morgan fingerprint density at radius 1 is 1.06 bits per heavy atom. The first-order valence-electron chi connectivity index (χ1n) is 10.8. The maximum atomic E-state index is 13.1. The SMILES string of the molecule is COc1ccc(-c2cnc(CCC(=O)N(CCCN(C)C)Cc3ccc(Cl)c(Cl)c3)o2)cc1. The van der Waals surface area contributed by atoms with Gasteiger partial charge in [0.25, 0.3) is 0 Å². The Hall–Kier alpha value is -2.54. The van der Waals surface area contributed by atoms with E-state index >= 15 is 0 Å². The summed E-state index contributed by atoms with van der Waals surface area (Å²) in [6, 6.07) is 13.0. The molecule has 0 aliphatic rings. The molecule has 6 nitrogen and oxygen atoms in total. The van der Waals surface area contributed by atoms with Gasteiger partial charge in [-0.25, -0.2) is 4.98 Å². The van der Waals surface area contributed by atoms with E-state index < -0.39 is 0 Å². The smallest absolute Gasteiger partial charge is 0.223 e. The summed E-state index contributed by atoms with van der Waals surface area (Å²) in [7, 11) is 5.67. The fraction of sp³-hybridized carbons (Fsp3) is 0.360. The first kappa shape index (κ1) is 25.1. The van der Waals surface area contributed by atoms with Crippen LogP contribution in [0.3, 0.4) is 0 Å². The molecular weight excluding hydrogens is 461 g/mol. The number of carbonyl (C=O) groups excluding carboxylic acids is 1. The summed E-state index contributed by atoms with van der Waals surface area (Å²) in [6.07, 6.45) is 3.30. The van der Waals surface area contributed by atoms with Gasteiger partial charge in [0.15, 0.2) is 11.7 Å². The molecule has 0 atom stereocenters. The van der Waals surface area contributed by atoms with Gasteiger partial charge < -0.3 is 19.0 Å². The second-order valence-electron chi connectivity index (χ2n) is 8.07. The first-order chi connectivity index (χ1) is 15.9. The fourth-order valence-electron chi connectivity index (χ4n) is 3.41. The summed E-state index contributed by atoms with van der Waals surface area (Å²) < 4.78 is 11.1. The van der Waals surface area contributed by atoms with Crippen LogP contribution in [-0.2, 0) is 17.8 Å². The quantitative estimate of drug-likeness (QED) is 0.352. The normalized spacial score (nSPS) is 11.1. The van der Waals surface area contributed by atoms with Crippen molar-refractivity contribution in [2.45, 2.75) is 25.8 Å². The Bertz CT molecular complexity index is 1050. The van der Waals surface area contributed by atoms with Crippen LogP contribution in [-0.4, -0.2) is 55.0 Å². The van der Waals surface area contributed by atoms with Crippen LogP contribution >= 0.6 is 23.2 Å². The second-order valence-corrected chi connectivity index (χ2v) is 8.88. The topological polar surface area (TPSA) is 58.8 Å². The van der Waals surface area contributed by atoms with Crippen LogP contribution < -0.4 is 4.74 Å². The van der Waals surface area contributed by atoms with E-state index in [4.69, 9.17) is 32.4 Å². The zero-order valence-corrected chi connectivity index (χ0v) is 20.7. The Morgan fingerprint density at radius 2 is 1.82 bits per heavy atom. The van der Waals surface area contributed by atoms with Crippen LogP contribution in [0.4, 0.5) is 0 Å². The number of halogens is 2. The highest BCUT2D eigenvalue weighted by atomic mass is 35.5. The molecule has 8 heteroatoms. The highest BCUT2D eigenvalue weighted by molar-refractivity contribution is 6.42. The molecule has 0 bridgehead atoms. The van der Waals surface area contributed by atoms with E-state index in [9.17, 15) is 4.79 Å². The third-order valence-corrected chi connectivity index (χ3v) is 5.96. The molecule has 1 heterocycles. The molecule has 1 amide bonds. The van der Waals surface area contributed by atoms with E-state index in [1.165, 1.54) is 0 Å². The van der Waals surface area contributed by atoms with Gasteiger partial charge in [-0.05, 0) is 69.0 Å². The Balaban J connectivity index is 1.63. The van der Waals surface area contributed by atoms with E-state index in [2.05, 4.69) is 9.88 Å². The van der Waals surface area contributed by atoms with Gasteiger partial charge >= 0.3 is 0 Å². The number of ether oxygens (including phenoxy) is 1. The lowest BCUT2D eigenvalue weighted by Gasteiger charge is -2.24. The van der Waals surface area contributed by atoms with Gasteiger partial charge in [0, 0.05) is 31.5 Å². The number of oxazole rings is 1. The lowest BCUT2D eigenvalue weighted by atomic mass is 10.2. The van der Waals surface area contributed by atoms with Gasteiger partial charge in [-0.15, -0.1) is 0 Å².